The number of hydrogen-bond donors (Lipinski definition) is 1. The molecule has 0 spiro atoms. The van der Waals surface area contributed by atoms with Crippen LogP contribution in [0.25, 0.3) is 22.4 Å². The molecule has 0 unspecified atom stereocenters. The molecule has 22 heavy (non-hydrogen) atoms. The van der Waals surface area contributed by atoms with Crippen molar-refractivity contribution in [2.45, 2.75) is 12.8 Å². The monoisotopic (exact) mass is 286 g/mol. The summed E-state index contributed by atoms with van der Waals surface area (Å²) in [5.74, 6) is 0. The molecule has 2 heteroatoms. The van der Waals surface area contributed by atoms with Gasteiger partial charge in [0.05, 0.1) is 5.69 Å². The Morgan fingerprint density at radius 2 is 1.68 bits per heavy atom. The van der Waals surface area contributed by atoms with Crippen LogP contribution in [0.15, 0.2) is 66.9 Å². The summed E-state index contributed by atoms with van der Waals surface area (Å²) >= 11 is 0. The summed E-state index contributed by atoms with van der Waals surface area (Å²) < 4.78 is 0. The van der Waals surface area contributed by atoms with Crippen LogP contribution in [0.5, 0.6) is 0 Å². The summed E-state index contributed by atoms with van der Waals surface area (Å²) in [6.45, 7) is 1.07. The number of aryl methyl sites for hydroxylation is 1. The SMILES string of the molecule is c1ccc(-c2ccc(-c3ccc4c(c3)NCCC4)nc2)cc1. The number of nitrogens with one attached hydrogen (secondary N) is 1. The van der Waals surface area contributed by atoms with Gasteiger partial charge in [-0.2, -0.15) is 0 Å². The number of pyridine rings is 1. The fraction of sp³-hybridized carbons (Fsp3) is 0.150. The summed E-state index contributed by atoms with van der Waals surface area (Å²) in [5.41, 5.74) is 7.23. The van der Waals surface area contributed by atoms with Gasteiger partial charge in [-0.25, -0.2) is 0 Å². The Morgan fingerprint density at radius 3 is 2.50 bits per heavy atom. The number of nitrogens with zero attached hydrogens (tertiary/aromatic N) is 1. The first-order valence-corrected chi connectivity index (χ1v) is 7.79. The highest BCUT2D eigenvalue weighted by molar-refractivity contribution is 5.70. The van der Waals surface area contributed by atoms with E-state index in [9.17, 15) is 0 Å². The first-order chi connectivity index (χ1) is 10.9. The van der Waals surface area contributed by atoms with Crippen LogP contribution in [0.2, 0.25) is 0 Å². The van der Waals surface area contributed by atoms with E-state index in [0.29, 0.717) is 0 Å². The highest BCUT2D eigenvalue weighted by Gasteiger charge is 2.10. The van der Waals surface area contributed by atoms with Gasteiger partial charge in [0.2, 0.25) is 0 Å². The standard InChI is InChI=1S/C20H18N2/c1-2-5-15(6-3-1)18-10-11-19(22-14-18)17-9-8-16-7-4-12-21-20(16)13-17/h1-3,5-6,8-11,13-14,21H,4,7,12H2. The van der Waals surface area contributed by atoms with Gasteiger partial charge in [-0.1, -0.05) is 48.5 Å². The smallest absolute Gasteiger partial charge is 0.0703 e. The van der Waals surface area contributed by atoms with Crippen LogP contribution in [-0.4, -0.2) is 11.5 Å². The average molecular weight is 286 g/mol. The molecule has 0 fully saturated rings. The lowest BCUT2D eigenvalue weighted by atomic mass is 9.99. The second kappa shape index (κ2) is 5.64. The molecule has 0 aliphatic carbocycles. The normalized spacial score (nSPS) is 13.3. The lowest BCUT2D eigenvalue weighted by molar-refractivity contribution is 0.830. The van der Waals surface area contributed by atoms with Crippen molar-refractivity contribution >= 4 is 5.69 Å². The van der Waals surface area contributed by atoms with Crippen LogP contribution in [0, 0.1) is 0 Å². The molecule has 1 aliphatic rings. The van der Waals surface area contributed by atoms with E-state index in [-0.39, 0.29) is 0 Å². The maximum Gasteiger partial charge on any atom is 0.0703 e. The number of benzene rings is 2. The highest BCUT2D eigenvalue weighted by Crippen LogP contribution is 2.28. The molecule has 0 saturated heterocycles. The predicted molar refractivity (Wildman–Crippen MR) is 91.9 cm³/mol. The van der Waals surface area contributed by atoms with Crippen molar-refractivity contribution < 1.29 is 0 Å². The van der Waals surface area contributed by atoms with Crippen molar-refractivity contribution in [3.63, 3.8) is 0 Å². The van der Waals surface area contributed by atoms with Gasteiger partial charge in [0.1, 0.15) is 0 Å². The summed E-state index contributed by atoms with van der Waals surface area (Å²) in [7, 11) is 0. The van der Waals surface area contributed by atoms with Gasteiger partial charge in [0.15, 0.2) is 0 Å². The van der Waals surface area contributed by atoms with Crippen molar-refractivity contribution in [1.29, 1.82) is 0 Å². The molecule has 1 aromatic heterocycles. The largest absolute Gasteiger partial charge is 0.385 e. The zero-order chi connectivity index (χ0) is 14.8. The Kier molecular flexibility index (Phi) is 3.36. The van der Waals surface area contributed by atoms with Crippen molar-refractivity contribution in [2.24, 2.45) is 0 Å². The molecule has 0 radical (unpaired) electrons. The van der Waals surface area contributed by atoms with Crippen LogP contribution in [-0.2, 0) is 6.42 Å². The molecular formula is C20H18N2. The second-order valence-corrected chi connectivity index (χ2v) is 5.70. The van der Waals surface area contributed by atoms with Crippen molar-refractivity contribution in [2.75, 3.05) is 11.9 Å². The van der Waals surface area contributed by atoms with E-state index >= 15 is 0 Å². The molecule has 2 heterocycles. The van der Waals surface area contributed by atoms with Crippen molar-refractivity contribution in [3.05, 3.63) is 72.4 Å². The van der Waals surface area contributed by atoms with E-state index in [1.54, 1.807) is 0 Å². The molecule has 1 aliphatic heterocycles. The molecule has 108 valence electrons. The molecule has 0 amide bonds. The highest BCUT2D eigenvalue weighted by atomic mass is 14.9. The number of aromatic nitrogens is 1. The second-order valence-electron chi connectivity index (χ2n) is 5.70. The third-order valence-corrected chi connectivity index (χ3v) is 4.21. The fourth-order valence-corrected chi connectivity index (χ4v) is 2.99. The third kappa shape index (κ3) is 2.48. The topological polar surface area (TPSA) is 24.9 Å². The van der Waals surface area contributed by atoms with Crippen LogP contribution < -0.4 is 5.32 Å². The Labute approximate surface area is 130 Å². The van der Waals surface area contributed by atoms with Gasteiger partial charge in [-0.05, 0) is 36.1 Å². The van der Waals surface area contributed by atoms with Gasteiger partial charge in [0.25, 0.3) is 0 Å². The quantitative estimate of drug-likeness (QED) is 0.733. The maximum atomic E-state index is 4.65. The average Bonchev–Trinajstić information content (AvgIpc) is 2.62. The van der Waals surface area contributed by atoms with Gasteiger partial charge in [-0.15, -0.1) is 0 Å². The van der Waals surface area contributed by atoms with Crippen LogP contribution in [0.4, 0.5) is 5.69 Å². The van der Waals surface area contributed by atoms with E-state index in [4.69, 9.17) is 0 Å². The summed E-state index contributed by atoms with van der Waals surface area (Å²) in [6.07, 6.45) is 4.34. The number of anilines is 1. The summed E-state index contributed by atoms with van der Waals surface area (Å²) in [5, 5.41) is 3.48. The van der Waals surface area contributed by atoms with Crippen molar-refractivity contribution in [1.82, 2.24) is 4.98 Å². The Bertz CT molecular complexity index is 777. The Morgan fingerprint density at radius 1 is 0.818 bits per heavy atom. The zero-order valence-corrected chi connectivity index (χ0v) is 12.4. The van der Waals surface area contributed by atoms with Crippen LogP contribution in [0.1, 0.15) is 12.0 Å². The van der Waals surface area contributed by atoms with E-state index in [0.717, 1.165) is 17.8 Å². The van der Waals surface area contributed by atoms with Gasteiger partial charge < -0.3 is 5.32 Å². The van der Waals surface area contributed by atoms with Gasteiger partial charge in [0, 0.05) is 29.6 Å². The minimum absolute atomic E-state index is 1.02. The Balaban J connectivity index is 1.66. The zero-order valence-electron chi connectivity index (χ0n) is 12.4. The molecule has 4 rings (SSSR count). The molecular weight excluding hydrogens is 268 g/mol. The molecule has 0 atom stereocenters. The molecule has 0 bridgehead atoms. The van der Waals surface area contributed by atoms with Crippen LogP contribution >= 0.6 is 0 Å². The number of rotatable bonds is 2. The lowest BCUT2D eigenvalue weighted by Crippen LogP contribution is -2.11. The van der Waals surface area contributed by atoms with Crippen LogP contribution in [0.3, 0.4) is 0 Å². The summed E-state index contributed by atoms with van der Waals surface area (Å²) in [6, 6.07) is 21.2. The van der Waals surface area contributed by atoms with Gasteiger partial charge in [-0.3, -0.25) is 4.98 Å². The summed E-state index contributed by atoms with van der Waals surface area (Å²) in [4.78, 5) is 4.65. The van der Waals surface area contributed by atoms with E-state index in [1.807, 2.05) is 12.3 Å². The Hall–Kier alpha value is -2.61. The first-order valence-electron chi connectivity index (χ1n) is 7.79. The fourth-order valence-electron chi connectivity index (χ4n) is 2.99. The first kappa shape index (κ1) is 13.1. The minimum Gasteiger partial charge on any atom is -0.385 e. The number of hydrogen-bond acceptors (Lipinski definition) is 2. The number of fused-ring (bicyclic) bond motifs is 1. The van der Waals surface area contributed by atoms with Crippen molar-refractivity contribution in [3.8, 4) is 22.4 Å². The molecule has 3 aromatic rings. The third-order valence-electron chi connectivity index (χ3n) is 4.21. The maximum absolute atomic E-state index is 4.65. The lowest BCUT2D eigenvalue weighted by Gasteiger charge is -2.18. The molecule has 1 N–H and O–H groups in total. The van der Waals surface area contributed by atoms with E-state index in [1.165, 1.54) is 35.2 Å². The van der Waals surface area contributed by atoms with Gasteiger partial charge >= 0.3 is 0 Å². The minimum atomic E-state index is 1.02. The van der Waals surface area contributed by atoms with E-state index in [2.05, 4.69) is 64.9 Å². The molecule has 0 saturated carbocycles. The predicted octanol–water partition coefficient (Wildman–Crippen LogP) is 4.77. The molecule has 2 aromatic carbocycles. The molecule has 2 nitrogen and oxygen atoms in total. The van der Waals surface area contributed by atoms with E-state index < -0.39 is 0 Å².